The number of hydrogen-bond donors (Lipinski definition) is 10. The highest BCUT2D eigenvalue weighted by molar-refractivity contribution is 5.96. The lowest BCUT2D eigenvalue weighted by Crippen LogP contribution is -2.58. The standard InChI is InChI=1S/C26H43N7O12/c1-4-5-6-15(25(43)33-17(26(44)45)7-9-18(28)34)31-22(40)13(3)29-21(39)12(2)30-24(42)16(8-10-19(35)36)32-23(41)14(27)11-20(37)38/h12-17H,4-11,27H2,1-3H3,(H2,28,34)(H,29,39)(H,30,42)(H,31,40)(H,32,41)(H,33,43)(H,35,36)(H,37,38)(H,44,45)/t12-,13-,14-,15-,16-,17-/m0/s1. The molecule has 0 fully saturated rings. The van der Waals surface area contributed by atoms with Crippen molar-refractivity contribution >= 4 is 53.4 Å². The number of nitrogens with one attached hydrogen (secondary N) is 5. The van der Waals surface area contributed by atoms with Crippen molar-refractivity contribution in [3.05, 3.63) is 0 Å². The van der Waals surface area contributed by atoms with Gasteiger partial charge in [-0.2, -0.15) is 0 Å². The van der Waals surface area contributed by atoms with Gasteiger partial charge in [0.05, 0.1) is 12.5 Å². The Morgan fingerprint density at radius 1 is 0.600 bits per heavy atom. The average Bonchev–Trinajstić information content (AvgIpc) is 2.93. The van der Waals surface area contributed by atoms with Crippen molar-refractivity contribution in [2.75, 3.05) is 0 Å². The Kier molecular flexibility index (Phi) is 18.0. The zero-order valence-corrected chi connectivity index (χ0v) is 25.3. The predicted molar refractivity (Wildman–Crippen MR) is 154 cm³/mol. The number of carboxylic acids is 3. The van der Waals surface area contributed by atoms with Gasteiger partial charge in [0.2, 0.25) is 35.4 Å². The fraction of sp³-hybridized carbons (Fsp3) is 0.654. The van der Waals surface area contributed by atoms with Gasteiger partial charge in [0.15, 0.2) is 0 Å². The Balaban J connectivity index is 5.39. The second-order valence-electron chi connectivity index (χ2n) is 10.3. The van der Waals surface area contributed by atoms with Gasteiger partial charge in [0, 0.05) is 12.8 Å². The van der Waals surface area contributed by atoms with Crippen molar-refractivity contribution in [1.29, 1.82) is 0 Å². The van der Waals surface area contributed by atoms with Gasteiger partial charge in [0.25, 0.3) is 0 Å². The molecule has 0 bridgehead atoms. The lowest BCUT2D eigenvalue weighted by atomic mass is 10.1. The second-order valence-corrected chi connectivity index (χ2v) is 10.3. The summed E-state index contributed by atoms with van der Waals surface area (Å²) < 4.78 is 0. The van der Waals surface area contributed by atoms with Crippen LogP contribution in [0.15, 0.2) is 0 Å². The number of carboxylic acid groups (broad SMARTS) is 3. The largest absolute Gasteiger partial charge is 0.481 e. The van der Waals surface area contributed by atoms with Gasteiger partial charge in [0.1, 0.15) is 30.2 Å². The topological polar surface area (TPSA) is 327 Å². The van der Waals surface area contributed by atoms with Crippen LogP contribution in [0.4, 0.5) is 0 Å². The van der Waals surface area contributed by atoms with Crippen molar-refractivity contribution in [2.45, 2.75) is 108 Å². The minimum absolute atomic E-state index is 0.128. The highest BCUT2D eigenvalue weighted by Gasteiger charge is 2.30. The maximum Gasteiger partial charge on any atom is 0.326 e. The third-order valence-corrected chi connectivity index (χ3v) is 6.29. The molecule has 6 amide bonds. The van der Waals surface area contributed by atoms with Crippen molar-refractivity contribution < 1.29 is 58.5 Å². The van der Waals surface area contributed by atoms with Gasteiger partial charge < -0.3 is 53.4 Å². The van der Waals surface area contributed by atoms with Crippen molar-refractivity contribution in [1.82, 2.24) is 26.6 Å². The van der Waals surface area contributed by atoms with Crippen LogP contribution < -0.4 is 38.1 Å². The highest BCUT2D eigenvalue weighted by atomic mass is 16.4. The summed E-state index contributed by atoms with van der Waals surface area (Å²) in [6.45, 7) is 4.34. The van der Waals surface area contributed by atoms with E-state index in [2.05, 4.69) is 26.6 Å². The van der Waals surface area contributed by atoms with Crippen LogP contribution in [0, 0.1) is 0 Å². The van der Waals surface area contributed by atoms with E-state index in [1.165, 1.54) is 13.8 Å². The number of primary amides is 1. The van der Waals surface area contributed by atoms with Gasteiger partial charge in [-0.3, -0.25) is 38.4 Å². The molecule has 0 spiro atoms. The maximum atomic E-state index is 12.8. The van der Waals surface area contributed by atoms with E-state index < -0.39 is 109 Å². The molecule has 45 heavy (non-hydrogen) atoms. The molecule has 0 saturated heterocycles. The normalized spacial score (nSPS) is 14.7. The maximum absolute atomic E-state index is 12.8. The fourth-order valence-corrected chi connectivity index (χ4v) is 3.67. The van der Waals surface area contributed by atoms with Crippen LogP contribution in [-0.2, 0) is 43.2 Å². The predicted octanol–water partition coefficient (Wildman–Crippen LogP) is -3.34. The van der Waals surface area contributed by atoms with Gasteiger partial charge in [-0.15, -0.1) is 0 Å². The zero-order valence-electron chi connectivity index (χ0n) is 25.3. The van der Waals surface area contributed by atoms with Crippen LogP contribution >= 0.6 is 0 Å². The molecule has 0 aromatic heterocycles. The molecule has 0 heterocycles. The Labute approximate surface area is 258 Å². The van der Waals surface area contributed by atoms with Gasteiger partial charge in [-0.1, -0.05) is 19.8 Å². The first kappa shape index (κ1) is 40.2. The molecule has 12 N–H and O–H groups in total. The van der Waals surface area contributed by atoms with E-state index >= 15 is 0 Å². The fourth-order valence-electron chi connectivity index (χ4n) is 3.67. The summed E-state index contributed by atoms with van der Waals surface area (Å²) in [6.07, 6.45) is -1.06. The molecule has 19 heteroatoms. The van der Waals surface area contributed by atoms with Crippen LogP contribution in [0.1, 0.15) is 72.1 Å². The Morgan fingerprint density at radius 3 is 1.53 bits per heavy atom. The highest BCUT2D eigenvalue weighted by Crippen LogP contribution is 2.05. The second kappa shape index (κ2) is 20.2. The Morgan fingerprint density at radius 2 is 1.04 bits per heavy atom. The first-order chi connectivity index (χ1) is 20.9. The first-order valence-electron chi connectivity index (χ1n) is 14.1. The van der Waals surface area contributed by atoms with E-state index in [9.17, 15) is 48.3 Å². The molecule has 0 aromatic carbocycles. The van der Waals surface area contributed by atoms with E-state index in [0.29, 0.717) is 12.8 Å². The molecule has 254 valence electrons. The van der Waals surface area contributed by atoms with Gasteiger partial charge in [-0.05, 0) is 33.1 Å². The molecule has 0 radical (unpaired) electrons. The molecule has 0 aromatic rings. The van der Waals surface area contributed by atoms with Crippen molar-refractivity contribution in [3.63, 3.8) is 0 Å². The summed E-state index contributed by atoms with van der Waals surface area (Å²) in [6, 6.07) is -8.21. The van der Waals surface area contributed by atoms with Crippen LogP contribution in [0.3, 0.4) is 0 Å². The number of hydrogen-bond acceptors (Lipinski definition) is 10. The molecule has 19 nitrogen and oxygen atoms in total. The molecular formula is C26H43N7O12. The smallest absolute Gasteiger partial charge is 0.326 e. The van der Waals surface area contributed by atoms with E-state index in [4.69, 9.17) is 21.7 Å². The lowest BCUT2D eigenvalue weighted by molar-refractivity contribution is -0.142. The molecule has 6 atom stereocenters. The number of rotatable bonds is 22. The van der Waals surface area contributed by atoms with Gasteiger partial charge >= 0.3 is 17.9 Å². The SMILES string of the molecule is CCCC[C@H](NC(=O)[C@H](C)NC(=O)[C@H](C)NC(=O)[C@H](CCC(=O)O)NC(=O)[C@@H](N)CC(=O)O)C(=O)N[C@@H](CCC(N)=O)C(=O)O. The van der Waals surface area contributed by atoms with E-state index in [1.54, 1.807) is 0 Å². The molecule has 0 aliphatic heterocycles. The lowest BCUT2D eigenvalue weighted by Gasteiger charge is -2.24. The number of nitrogens with two attached hydrogens (primary N) is 2. The third kappa shape index (κ3) is 16.6. The van der Waals surface area contributed by atoms with Crippen LogP contribution in [0.5, 0.6) is 0 Å². The summed E-state index contributed by atoms with van der Waals surface area (Å²) in [7, 11) is 0. The van der Waals surface area contributed by atoms with E-state index in [0.717, 1.165) is 0 Å². The van der Waals surface area contributed by atoms with Crippen LogP contribution in [0.25, 0.3) is 0 Å². The van der Waals surface area contributed by atoms with Crippen molar-refractivity contribution in [3.8, 4) is 0 Å². The van der Waals surface area contributed by atoms with E-state index in [-0.39, 0.29) is 19.3 Å². The van der Waals surface area contributed by atoms with Gasteiger partial charge in [-0.25, -0.2) is 4.79 Å². The Bertz CT molecular complexity index is 1120. The summed E-state index contributed by atoms with van der Waals surface area (Å²) in [5.41, 5.74) is 10.5. The van der Waals surface area contributed by atoms with E-state index in [1.807, 2.05) is 6.92 Å². The van der Waals surface area contributed by atoms with Crippen LogP contribution in [0.2, 0.25) is 0 Å². The minimum atomic E-state index is -1.53. The minimum Gasteiger partial charge on any atom is -0.481 e. The molecule has 0 unspecified atom stereocenters. The average molecular weight is 646 g/mol. The summed E-state index contributed by atoms with van der Waals surface area (Å²) in [5, 5.41) is 38.6. The number of amides is 6. The quantitative estimate of drug-likeness (QED) is 0.0551. The molecule has 0 aliphatic rings. The monoisotopic (exact) mass is 645 g/mol. The molecular weight excluding hydrogens is 602 g/mol. The third-order valence-electron chi connectivity index (χ3n) is 6.29. The molecule has 0 rings (SSSR count). The number of carbonyl (C=O) groups excluding carboxylic acids is 6. The Hall–Kier alpha value is -4.81. The molecule has 0 saturated carbocycles. The van der Waals surface area contributed by atoms with Crippen molar-refractivity contribution in [2.24, 2.45) is 11.5 Å². The number of carbonyl (C=O) groups is 9. The first-order valence-corrected chi connectivity index (χ1v) is 14.1. The van der Waals surface area contributed by atoms with Crippen LogP contribution in [-0.4, -0.2) is 105 Å². The summed E-state index contributed by atoms with van der Waals surface area (Å²) >= 11 is 0. The number of unbranched alkanes of at least 4 members (excludes halogenated alkanes) is 1. The molecule has 0 aliphatic carbocycles. The number of aliphatic carboxylic acids is 3. The summed E-state index contributed by atoms with van der Waals surface area (Å²) in [4.78, 5) is 108. The summed E-state index contributed by atoms with van der Waals surface area (Å²) in [5.74, 6) is -9.37. The zero-order chi connectivity index (χ0) is 34.9.